The van der Waals surface area contributed by atoms with Crippen LogP contribution < -0.4 is 5.32 Å². The molecule has 1 aromatic heterocycles. The zero-order valence-electron chi connectivity index (χ0n) is 8.18. The summed E-state index contributed by atoms with van der Waals surface area (Å²) in [4.78, 5) is 11.7. The van der Waals surface area contributed by atoms with Crippen molar-refractivity contribution in [2.45, 2.75) is 5.88 Å². The highest BCUT2D eigenvalue weighted by Gasteiger charge is 2.08. The first-order valence-corrected chi connectivity index (χ1v) is 5.89. The fourth-order valence-corrected chi connectivity index (χ4v) is 1.92. The molecule has 2 rings (SSSR count). The average Bonchev–Trinajstić information content (AvgIpc) is 2.78. The first-order valence-electron chi connectivity index (χ1n) is 4.54. The number of anilines is 1. The van der Waals surface area contributed by atoms with Crippen LogP contribution in [0, 0.1) is 0 Å². The minimum absolute atomic E-state index is 0.196. The number of nitrogens with zero attached hydrogens (tertiary/aromatic N) is 2. The van der Waals surface area contributed by atoms with Gasteiger partial charge in [-0.25, -0.2) is 0 Å². The molecule has 1 N–H and O–H groups in total. The smallest absolute Gasteiger partial charge is 0.257 e. The Morgan fingerprint density at radius 3 is 2.69 bits per heavy atom. The van der Waals surface area contributed by atoms with Crippen LogP contribution in [-0.4, -0.2) is 16.1 Å². The molecule has 6 heteroatoms. The molecule has 0 radical (unpaired) electrons. The van der Waals surface area contributed by atoms with Crippen molar-refractivity contribution in [3.63, 3.8) is 0 Å². The molecule has 0 bridgehead atoms. The zero-order chi connectivity index (χ0) is 11.4. The molecule has 0 fully saturated rings. The van der Waals surface area contributed by atoms with Crippen LogP contribution in [0.25, 0.3) is 0 Å². The quantitative estimate of drug-likeness (QED) is 0.856. The number of alkyl halides is 1. The summed E-state index contributed by atoms with van der Waals surface area (Å²) in [5, 5.41) is 11.4. The molecular weight excluding hydrogens is 246 g/mol. The predicted octanol–water partition coefficient (Wildman–Crippen LogP) is 2.53. The molecular formula is C10H8ClN3OS. The van der Waals surface area contributed by atoms with E-state index < -0.39 is 0 Å². The fraction of sp³-hybridized carbons (Fsp3) is 0.100. The summed E-state index contributed by atoms with van der Waals surface area (Å²) in [6.07, 6.45) is 0. The van der Waals surface area contributed by atoms with Gasteiger partial charge in [0.1, 0.15) is 5.01 Å². The van der Waals surface area contributed by atoms with Gasteiger partial charge in [-0.2, -0.15) is 0 Å². The van der Waals surface area contributed by atoms with Crippen LogP contribution in [0.3, 0.4) is 0 Å². The molecule has 1 heterocycles. The lowest BCUT2D eigenvalue weighted by atomic mass is 10.2. The molecule has 0 aliphatic rings. The molecule has 1 aromatic carbocycles. The minimum atomic E-state index is -0.196. The van der Waals surface area contributed by atoms with Crippen molar-refractivity contribution in [1.29, 1.82) is 0 Å². The number of halogens is 1. The SMILES string of the molecule is O=C(Nc1nnc(CCl)s1)c1ccccc1. The molecule has 0 unspecified atom stereocenters. The average molecular weight is 254 g/mol. The lowest BCUT2D eigenvalue weighted by Gasteiger charge is -1.99. The Hall–Kier alpha value is -1.46. The lowest BCUT2D eigenvalue weighted by molar-refractivity contribution is 0.102. The van der Waals surface area contributed by atoms with Gasteiger partial charge in [0, 0.05) is 5.56 Å². The molecule has 82 valence electrons. The van der Waals surface area contributed by atoms with E-state index in [-0.39, 0.29) is 5.91 Å². The molecule has 0 aliphatic heterocycles. The maximum Gasteiger partial charge on any atom is 0.257 e. The number of amides is 1. The lowest BCUT2D eigenvalue weighted by Crippen LogP contribution is -2.11. The third-order valence-electron chi connectivity index (χ3n) is 1.84. The van der Waals surface area contributed by atoms with Gasteiger partial charge in [-0.05, 0) is 12.1 Å². The van der Waals surface area contributed by atoms with Gasteiger partial charge in [-0.15, -0.1) is 21.8 Å². The van der Waals surface area contributed by atoms with Crippen molar-refractivity contribution in [1.82, 2.24) is 10.2 Å². The Kier molecular flexibility index (Phi) is 3.48. The Labute approximate surface area is 101 Å². The van der Waals surface area contributed by atoms with Gasteiger partial charge in [0.2, 0.25) is 5.13 Å². The summed E-state index contributed by atoms with van der Waals surface area (Å²) < 4.78 is 0. The molecule has 0 aliphatic carbocycles. The Morgan fingerprint density at radius 2 is 2.06 bits per heavy atom. The second-order valence-electron chi connectivity index (χ2n) is 2.95. The summed E-state index contributed by atoms with van der Waals surface area (Å²) in [6, 6.07) is 8.93. The van der Waals surface area contributed by atoms with Crippen LogP contribution >= 0.6 is 22.9 Å². The number of hydrogen-bond acceptors (Lipinski definition) is 4. The molecule has 0 atom stereocenters. The zero-order valence-corrected chi connectivity index (χ0v) is 9.76. The van der Waals surface area contributed by atoms with E-state index in [1.54, 1.807) is 24.3 Å². The number of hydrogen-bond donors (Lipinski definition) is 1. The van der Waals surface area contributed by atoms with E-state index in [0.717, 1.165) is 0 Å². The van der Waals surface area contributed by atoms with Crippen molar-refractivity contribution in [3.8, 4) is 0 Å². The van der Waals surface area contributed by atoms with Gasteiger partial charge in [-0.3, -0.25) is 10.1 Å². The van der Waals surface area contributed by atoms with E-state index in [2.05, 4.69) is 15.5 Å². The second kappa shape index (κ2) is 5.05. The Morgan fingerprint density at radius 1 is 1.31 bits per heavy atom. The molecule has 2 aromatic rings. The van der Waals surface area contributed by atoms with E-state index in [1.807, 2.05) is 6.07 Å². The van der Waals surface area contributed by atoms with Gasteiger partial charge in [0.25, 0.3) is 5.91 Å². The van der Waals surface area contributed by atoms with Crippen LogP contribution in [0.2, 0.25) is 0 Å². The number of nitrogens with one attached hydrogen (secondary N) is 1. The summed E-state index contributed by atoms with van der Waals surface area (Å²) in [7, 11) is 0. The van der Waals surface area contributed by atoms with Crippen LogP contribution in [0.4, 0.5) is 5.13 Å². The number of benzene rings is 1. The molecule has 0 saturated heterocycles. The summed E-state index contributed by atoms with van der Waals surface area (Å²) >= 11 is 6.86. The van der Waals surface area contributed by atoms with E-state index in [9.17, 15) is 4.79 Å². The molecule has 1 amide bonds. The highest BCUT2D eigenvalue weighted by atomic mass is 35.5. The fourth-order valence-electron chi connectivity index (χ4n) is 1.12. The molecule has 4 nitrogen and oxygen atoms in total. The van der Waals surface area contributed by atoms with Crippen LogP contribution in [0.1, 0.15) is 15.4 Å². The molecule has 0 spiro atoms. The summed E-state index contributed by atoms with van der Waals surface area (Å²) in [6.45, 7) is 0. The van der Waals surface area contributed by atoms with Crippen molar-refractivity contribution in [2.75, 3.05) is 5.32 Å². The van der Waals surface area contributed by atoms with Gasteiger partial charge in [0.15, 0.2) is 0 Å². The van der Waals surface area contributed by atoms with E-state index in [1.165, 1.54) is 11.3 Å². The third kappa shape index (κ3) is 2.56. The van der Waals surface area contributed by atoms with Gasteiger partial charge >= 0.3 is 0 Å². The molecule has 16 heavy (non-hydrogen) atoms. The highest BCUT2D eigenvalue weighted by Crippen LogP contribution is 2.17. The number of carbonyl (C=O) groups excluding carboxylic acids is 1. The summed E-state index contributed by atoms with van der Waals surface area (Å²) in [5.41, 5.74) is 0.588. The predicted molar refractivity (Wildman–Crippen MR) is 63.9 cm³/mol. The van der Waals surface area contributed by atoms with E-state index >= 15 is 0 Å². The van der Waals surface area contributed by atoms with Crippen molar-refractivity contribution < 1.29 is 4.79 Å². The number of rotatable bonds is 3. The number of carbonyl (C=O) groups is 1. The van der Waals surface area contributed by atoms with Gasteiger partial charge in [-0.1, -0.05) is 29.5 Å². The topological polar surface area (TPSA) is 54.9 Å². The highest BCUT2D eigenvalue weighted by molar-refractivity contribution is 7.15. The van der Waals surface area contributed by atoms with Crippen LogP contribution in [0.5, 0.6) is 0 Å². The maximum atomic E-state index is 11.7. The Bertz CT molecular complexity index is 486. The maximum absolute atomic E-state index is 11.7. The van der Waals surface area contributed by atoms with Crippen molar-refractivity contribution >= 4 is 34.0 Å². The monoisotopic (exact) mass is 253 g/mol. The standard InChI is InChI=1S/C10H8ClN3OS/c11-6-8-13-14-10(16-8)12-9(15)7-4-2-1-3-5-7/h1-5H,6H2,(H,12,14,15). The third-order valence-corrected chi connectivity index (χ3v) is 3.09. The van der Waals surface area contributed by atoms with E-state index in [4.69, 9.17) is 11.6 Å². The molecule has 0 saturated carbocycles. The first kappa shape index (κ1) is 11.0. The minimum Gasteiger partial charge on any atom is -0.296 e. The van der Waals surface area contributed by atoms with Crippen LogP contribution in [0.15, 0.2) is 30.3 Å². The van der Waals surface area contributed by atoms with Gasteiger partial charge < -0.3 is 0 Å². The first-order chi connectivity index (χ1) is 7.79. The second-order valence-corrected chi connectivity index (χ2v) is 4.28. The van der Waals surface area contributed by atoms with Crippen molar-refractivity contribution in [2.24, 2.45) is 0 Å². The van der Waals surface area contributed by atoms with Crippen molar-refractivity contribution in [3.05, 3.63) is 40.9 Å². The normalized spacial score (nSPS) is 10.1. The number of aromatic nitrogens is 2. The van der Waals surface area contributed by atoms with Gasteiger partial charge in [0.05, 0.1) is 5.88 Å². The summed E-state index contributed by atoms with van der Waals surface area (Å²) in [5.74, 6) is 0.108. The van der Waals surface area contributed by atoms with Crippen LogP contribution in [-0.2, 0) is 5.88 Å². The van der Waals surface area contributed by atoms with E-state index in [0.29, 0.717) is 21.6 Å². The Balaban J connectivity index is 2.08. The largest absolute Gasteiger partial charge is 0.296 e.